The number of hydrogen-bond donors (Lipinski definition) is 2. The van der Waals surface area contributed by atoms with Crippen LogP contribution >= 0.6 is 0 Å². The first-order chi connectivity index (χ1) is 16.3. The first kappa shape index (κ1) is 23.9. The van der Waals surface area contributed by atoms with E-state index in [-0.39, 0.29) is 10.8 Å². The predicted octanol–water partition coefficient (Wildman–Crippen LogP) is 3.66. The van der Waals surface area contributed by atoms with Crippen LogP contribution < -0.4 is 10.2 Å². The van der Waals surface area contributed by atoms with Crippen molar-refractivity contribution in [2.45, 2.75) is 38.5 Å². The number of H-pyrrole nitrogens is 1. The van der Waals surface area contributed by atoms with Crippen LogP contribution in [0.15, 0.2) is 47.4 Å². The predicted molar refractivity (Wildman–Crippen MR) is 133 cm³/mol. The van der Waals surface area contributed by atoms with Gasteiger partial charge in [-0.05, 0) is 50.1 Å². The number of benzene rings is 2. The van der Waals surface area contributed by atoms with Crippen molar-refractivity contribution in [3.63, 3.8) is 0 Å². The molecule has 1 aliphatic heterocycles. The van der Waals surface area contributed by atoms with Crippen LogP contribution in [0.1, 0.15) is 42.9 Å². The zero-order valence-corrected chi connectivity index (χ0v) is 20.5. The molecule has 1 aromatic heterocycles. The molecule has 2 aromatic carbocycles. The number of carbonyl (C=O) groups excluding carboxylic acids is 1. The van der Waals surface area contributed by atoms with E-state index in [1.165, 1.54) is 10.4 Å². The van der Waals surface area contributed by atoms with Crippen LogP contribution in [0.2, 0.25) is 0 Å². The lowest BCUT2D eigenvalue weighted by atomic mass is 10.1. The van der Waals surface area contributed by atoms with Gasteiger partial charge in [0.05, 0.1) is 10.5 Å². The smallest absolute Gasteiger partial charge is 0.257 e. The minimum absolute atomic E-state index is 0.120. The van der Waals surface area contributed by atoms with Gasteiger partial charge in [-0.25, -0.2) is 13.4 Å². The van der Waals surface area contributed by atoms with Crippen LogP contribution in [0.4, 0.5) is 11.4 Å². The van der Waals surface area contributed by atoms with E-state index in [4.69, 9.17) is 0 Å². The molecule has 0 radical (unpaired) electrons. The van der Waals surface area contributed by atoms with Crippen molar-refractivity contribution < 1.29 is 13.2 Å². The number of rotatable bonds is 8. The van der Waals surface area contributed by atoms with E-state index in [1.54, 1.807) is 38.1 Å². The molecule has 2 heterocycles. The summed E-state index contributed by atoms with van der Waals surface area (Å²) >= 11 is 0. The Bertz CT molecular complexity index is 1280. The lowest BCUT2D eigenvalue weighted by Gasteiger charge is -2.23. The molecule has 0 unspecified atom stereocenters. The zero-order chi connectivity index (χ0) is 24.3. The lowest BCUT2D eigenvalue weighted by Crippen LogP contribution is -2.31. The highest BCUT2D eigenvalue weighted by molar-refractivity contribution is 7.89. The lowest BCUT2D eigenvalue weighted by molar-refractivity contribution is 0.102. The fourth-order valence-corrected chi connectivity index (χ4v) is 5.69. The van der Waals surface area contributed by atoms with Gasteiger partial charge in [-0.3, -0.25) is 9.89 Å². The normalized spacial score (nSPS) is 14.1. The molecule has 1 fully saturated rings. The average molecular weight is 483 g/mol. The molecule has 3 aromatic rings. The Morgan fingerprint density at radius 3 is 2.50 bits per heavy atom. The first-order valence-electron chi connectivity index (χ1n) is 11.5. The molecule has 4 rings (SSSR count). The maximum absolute atomic E-state index is 13.4. The minimum Gasteiger partial charge on any atom is -0.371 e. The van der Waals surface area contributed by atoms with Crippen molar-refractivity contribution in [3.8, 4) is 11.4 Å². The van der Waals surface area contributed by atoms with Crippen LogP contribution in [0.5, 0.6) is 0 Å². The summed E-state index contributed by atoms with van der Waals surface area (Å²) in [6.07, 6.45) is 2.08. The Morgan fingerprint density at radius 1 is 1.12 bits per heavy atom. The average Bonchev–Trinajstić information content (AvgIpc) is 3.51. The number of aryl methyl sites for hydroxylation is 1. The monoisotopic (exact) mass is 482 g/mol. The highest BCUT2D eigenvalue weighted by Gasteiger charge is 2.26. The van der Waals surface area contributed by atoms with Gasteiger partial charge in [-0.1, -0.05) is 26.0 Å². The molecular weight excluding hydrogens is 452 g/mol. The molecule has 9 nitrogen and oxygen atoms in total. The summed E-state index contributed by atoms with van der Waals surface area (Å²) in [5.41, 5.74) is 2.43. The van der Waals surface area contributed by atoms with Gasteiger partial charge in [0.1, 0.15) is 5.82 Å². The number of anilines is 2. The summed E-state index contributed by atoms with van der Waals surface area (Å²) in [5.74, 6) is 0.881. The third-order valence-electron chi connectivity index (χ3n) is 5.98. The fourth-order valence-electron chi connectivity index (χ4n) is 4.21. The van der Waals surface area contributed by atoms with Crippen molar-refractivity contribution in [3.05, 3.63) is 53.9 Å². The van der Waals surface area contributed by atoms with Gasteiger partial charge in [-0.2, -0.15) is 9.40 Å². The summed E-state index contributed by atoms with van der Waals surface area (Å²) in [6.45, 7) is 7.82. The Kier molecular flexibility index (Phi) is 6.99. The summed E-state index contributed by atoms with van der Waals surface area (Å²) in [6, 6.07) is 12.1. The van der Waals surface area contributed by atoms with E-state index in [1.807, 2.05) is 19.1 Å². The first-order valence-corrected chi connectivity index (χ1v) is 13.0. The minimum atomic E-state index is -3.70. The zero-order valence-electron chi connectivity index (χ0n) is 19.7. The Hall–Kier alpha value is -3.24. The number of carbonyl (C=O) groups is 1. The Morgan fingerprint density at radius 2 is 1.85 bits per heavy atom. The molecule has 0 atom stereocenters. The van der Waals surface area contributed by atoms with E-state index >= 15 is 0 Å². The fraction of sp³-hybridized carbons (Fsp3) is 0.375. The molecule has 2 N–H and O–H groups in total. The number of amides is 1. The summed E-state index contributed by atoms with van der Waals surface area (Å²) in [4.78, 5) is 20.0. The second-order valence-corrected chi connectivity index (χ2v) is 10.2. The largest absolute Gasteiger partial charge is 0.371 e. The highest BCUT2D eigenvalue weighted by Crippen LogP contribution is 2.30. The van der Waals surface area contributed by atoms with E-state index in [0.29, 0.717) is 36.0 Å². The molecule has 0 aliphatic carbocycles. The second kappa shape index (κ2) is 9.94. The maximum Gasteiger partial charge on any atom is 0.257 e. The van der Waals surface area contributed by atoms with Crippen molar-refractivity contribution in [1.82, 2.24) is 19.5 Å². The van der Waals surface area contributed by atoms with Gasteiger partial charge in [-0.15, -0.1) is 0 Å². The van der Waals surface area contributed by atoms with E-state index in [9.17, 15) is 13.2 Å². The van der Waals surface area contributed by atoms with Crippen molar-refractivity contribution in [2.24, 2.45) is 0 Å². The maximum atomic E-state index is 13.4. The van der Waals surface area contributed by atoms with Gasteiger partial charge in [0.15, 0.2) is 5.82 Å². The molecule has 180 valence electrons. The topological polar surface area (TPSA) is 111 Å². The number of aromatic nitrogens is 3. The standard InChI is InChI=1S/C24H30N6O3S/c1-4-30(5-2)34(32,33)20-11-12-22(29-13-6-7-14-29)21(16-20)24(31)26-19-10-8-9-18(15-19)23-25-17(3)27-28-23/h8-12,15-16H,4-7,13-14H2,1-3H3,(H,26,31)(H,25,27,28). The number of nitrogens with zero attached hydrogens (tertiary/aromatic N) is 4. The van der Waals surface area contributed by atoms with Crippen LogP contribution in [0, 0.1) is 6.92 Å². The molecule has 1 saturated heterocycles. The number of nitrogens with one attached hydrogen (secondary N) is 2. The summed E-state index contributed by atoms with van der Waals surface area (Å²) in [7, 11) is -3.70. The Labute approximate surface area is 200 Å². The van der Waals surface area contributed by atoms with E-state index in [0.717, 1.165) is 37.2 Å². The quantitative estimate of drug-likeness (QED) is 0.507. The van der Waals surface area contributed by atoms with Crippen LogP contribution in [-0.2, 0) is 10.0 Å². The third kappa shape index (κ3) is 4.83. The molecule has 0 bridgehead atoms. The van der Waals surface area contributed by atoms with Crippen LogP contribution in [0.25, 0.3) is 11.4 Å². The van der Waals surface area contributed by atoms with Gasteiger partial charge in [0, 0.05) is 43.1 Å². The Balaban J connectivity index is 1.69. The number of sulfonamides is 1. The van der Waals surface area contributed by atoms with Gasteiger partial charge < -0.3 is 10.2 Å². The van der Waals surface area contributed by atoms with Crippen molar-refractivity contribution >= 4 is 27.3 Å². The number of aromatic amines is 1. The molecule has 34 heavy (non-hydrogen) atoms. The van der Waals surface area contributed by atoms with Crippen molar-refractivity contribution in [1.29, 1.82) is 0 Å². The van der Waals surface area contributed by atoms with Crippen molar-refractivity contribution in [2.75, 3.05) is 36.4 Å². The molecular formula is C24H30N6O3S. The molecule has 1 amide bonds. The van der Waals surface area contributed by atoms with E-state index in [2.05, 4.69) is 25.4 Å². The molecule has 1 aliphatic rings. The third-order valence-corrected chi connectivity index (χ3v) is 8.02. The van der Waals surface area contributed by atoms with Crippen LogP contribution in [0.3, 0.4) is 0 Å². The van der Waals surface area contributed by atoms with Gasteiger partial charge in [0.25, 0.3) is 5.91 Å². The highest BCUT2D eigenvalue weighted by atomic mass is 32.2. The summed E-state index contributed by atoms with van der Waals surface area (Å²) < 4.78 is 27.6. The number of hydrogen-bond acceptors (Lipinski definition) is 6. The molecule has 0 saturated carbocycles. The van der Waals surface area contributed by atoms with E-state index < -0.39 is 10.0 Å². The van der Waals surface area contributed by atoms with Gasteiger partial charge >= 0.3 is 0 Å². The SMILES string of the molecule is CCN(CC)S(=O)(=O)c1ccc(N2CCCC2)c(C(=O)Nc2cccc(-c3n[nH]c(C)n3)c2)c1. The molecule has 10 heteroatoms. The second-order valence-electron chi connectivity index (χ2n) is 8.24. The summed E-state index contributed by atoms with van der Waals surface area (Å²) in [5, 5.41) is 9.93. The molecule has 0 spiro atoms. The van der Waals surface area contributed by atoms with Gasteiger partial charge in [0.2, 0.25) is 10.0 Å². The van der Waals surface area contributed by atoms with Crippen LogP contribution in [-0.4, -0.2) is 60.0 Å².